The molecule has 0 amide bonds. The van der Waals surface area contributed by atoms with Crippen LogP contribution in [0, 0.1) is 10.1 Å². The maximum atomic E-state index is 10.5. The summed E-state index contributed by atoms with van der Waals surface area (Å²) in [5, 5.41) is 22.1. The molecule has 0 heterocycles. The lowest BCUT2D eigenvalue weighted by Crippen LogP contribution is -2.30. The number of nitrogens with zero attached hydrogens (tertiary/aromatic N) is 1. The predicted molar refractivity (Wildman–Crippen MR) is 66.5 cm³/mol. The van der Waals surface area contributed by atoms with E-state index in [-0.39, 0.29) is 18.2 Å². The zero-order valence-corrected chi connectivity index (χ0v) is 10.1. The highest BCUT2D eigenvalue weighted by atomic mass is 16.6. The molecule has 1 atom stereocenters. The number of rotatable bonds is 7. The lowest BCUT2D eigenvalue weighted by molar-refractivity contribution is -0.384. The molecule has 0 saturated heterocycles. The van der Waals surface area contributed by atoms with Crippen molar-refractivity contribution in [1.82, 2.24) is 5.32 Å². The van der Waals surface area contributed by atoms with Gasteiger partial charge < -0.3 is 10.4 Å². The summed E-state index contributed by atoms with van der Waals surface area (Å²) in [5.74, 6) is -0.828. The van der Waals surface area contributed by atoms with Gasteiger partial charge in [-0.3, -0.25) is 14.9 Å². The van der Waals surface area contributed by atoms with Gasteiger partial charge in [-0.15, -0.1) is 0 Å². The van der Waals surface area contributed by atoms with Crippen LogP contribution in [0.25, 0.3) is 0 Å². The number of benzene rings is 1. The summed E-state index contributed by atoms with van der Waals surface area (Å²) in [6, 6.07) is 6.27. The Kier molecular flexibility index (Phi) is 5.26. The van der Waals surface area contributed by atoms with Gasteiger partial charge in [0.25, 0.3) is 5.69 Å². The van der Waals surface area contributed by atoms with E-state index >= 15 is 0 Å². The number of nitro groups is 1. The van der Waals surface area contributed by atoms with E-state index in [4.69, 9.17) is 5.11 Å². The van der Waals surface area contributed by atoms with Crippen LogP contribution >= 0.6 is 0 Å². The first kappa shape index (κ1) is 14.1. The molecular formula is C12H16N2O4. The van der Waals surface area contributed by atoms with Gasteiger partial charge in [-0.2, -0.15) is 0 Å². The van der Waals surface area contributed by atoms with Crippen LogP contribution in [-0.4, -0.2) is 28.6 Å². The average molecular weight is 252 g/mol. The molecule has 0 aliphatic carbocycles. The van der Waals surface area contributed by atoms with Crippen molar-refractivity contribution in [1.29, 1.82) is 0 Å². The van der Waals surface area contributed by atoms with Gasteiger partial charge in [0.05, 0.1) is 11.3 Å². The van der Waals surface area contributed by atoms with Crippen LogP contribution < -0.4 is 5.32 Å². The number of carbonyl (C=O) groups is 1. The second kappa shape index (κ2) is 6.70. The summed E-state index contributed by atoms with van der Waals surface area (Å²) in [5.41, 5.74) is 1.06. The van der Waals surface area contributed by atoms with Crippen molar-refractivity contribution < 1.29 is 14.8 Å². The van der Waals surface area contributed by atoms with Gasteiger partial charge in [0.2, 0.25) is 0 Å². The topological polar surface area (TPSA) is 92.5 Å². The number of aliphatic carboxylic acids is 1. The molecule has 18 heavy (non-hydrogen) atoms. The number of nitrogens with one attached hydrogen (secondary N) is 1. The standard InChI is InChI=1S/C12H16N2O4/c1-9(8-12(15)16)13-7-6-10-2-4-11(5-3-10)14(17)18/h2-5,9,13H,6-8H2,1H3,(H,15,16). The smallest absolute Gasteiger partial charge is 0.304 e. The van der Waals surface area contributed by atoms with Crippen molar-refractivity contribution in [3.8, 4) is 0 Å². The van der Waals surface area contributed by atoms with Gasteiger partial charge in [-0.25, -0.2) is 0 Å². The van der Waals surface area contributed by atoms with E-state index in [1.165, 1.54) is 12.1 Å². The molecule has 6 nitrogen and oxygen atoms in total. The second-order valence-corrected chi connectivity index (χ2v) is 4.13. The molecule has 1 aromatic rings. The van der Waals surface area contributed by atoms with Crippen LogP contribution in [0.1, 0.15) is 18.9 Å². The van der Waals surface area contributed by atoms with E-state index in [2.05, 4.69) is 5.32 Å². The molecule has 1 rings (SSSR count). The summed E-state index contributed by atoms with van der Waals surface area (Å²) in [4.78, 5) is 20.5. The van der Waals surface area contributed by atoms with Crippen LogP contribution in [0.3, 0.4) is 0 Å². The average Bonchev–Trinajstić information content (AvgIpc) is 2.28. The Balaban J connectivity index is 2.35. The Bertz CT molecular complexity index is 417. The lowest BCUT2D eigenvalue weighted by atomic mass is 10.1. The normalized spacial score (nSPS) is 12.1. The van der Waals surface area contributed by atoms with E-state index in [1.807, 2.05) is 6.92 Å². The molecule has 2 N–H and O–H groups in total. The fourth-order valence-corrected chi connectivity index (χ4v) is 1.58. The molecule has 1 aromatic carbocycles. The molecule has 0 bridgehead atoms. The zero-order chi connectivity index (χ0) is 13.5. The summed E-state index contributed by atoms with van der Waals surface area (Å²) in [6.45, 7) is 2.45. The maximum absolute atomic E-state index is 10.5. The molecule has 0 aromatic heterocycles. The Morgan fingerprint density at radius 2 is 2.06 bits per heavy atom. The third kappa shape index (κ3) is 4.92. The van der Waals surface area contributed by atoms with E-state index in [9.17, 15) is 14.9 Å². The molecule has 0 spiro atoms. The van der Waals surface area contributed by atoms with Crippen molar-refractivity contribution in [2.45, 2.75) is 25.8 Å². The van der Waals surface area contributed by atoms with Gasteiger partial charge in [0, 0.05) is 18.2 Å². The molecule has 0 aliphatic rings. The molecule has 0 fully saturated rings. The minimum Gasteiger partial charge on any atom is -0.481 e. The Hall–Kier alpha value is -1.95. The number of carboxylic acid groups (broad SMARTS) is 1. The SMILES string of the molecule is CC(CC(=O)O)NCCc1ccc([N+](=O)[O-])cc1. The van der Waals surface area contributed by atoms with Crippen molar-refractivity contribution in [2.75, 3.05) is 6.54 Å². The number of nitro benzene ring substituents is 1. The van der Waals surface area contributed by atoms with Crippen LogP contribution in [-0.2, 0) is 11.2 Å². The van der Waals surface area contributed by atoms with E-state index in [0.29, 0.717) is 13.0 Å². The lowest BCUT2D eigenvalue weighted by Gasteiger charge is -2.10. The molecule has 98 valence electrons. The van der Waals surface area contributed by atoms with Crippen LogP contribution in [0.2, 0.25) is 0 Å². The predicted octanol–water partition coefficient (Wildman–Crippen LogP) is 1.59. The zero-order valence-electron chi connectivity index (χ0n) is 10.1. The van der Waals surface area contributed by atoms with Gasteiger partial charge >= 0.3 is 5.97 Å². The highest BCUT2D eigenvalue weighted by molar-refractivity contribution is 5.67. The third-order valence-corrected chi connectivity index (χ3v) is 2.53. The minimum absolute atomic E-state index is 0.0750. The number of hydrogen-bond donors (Lipinski definition) is 2. The van der Waals surface area contributed by atoms with Crippen LogP contribution in [0.15, 0.2) is 24.3 Å². The number of carboxylic acids is 1. The third-order valence-electron chi connectivity index (χ3n) is 2.53. The van der Waals surface area contributed by atoms with Gasteiger partial charge in [0.15, 0.2) is 0 Å². The Morgan fingerprint density at radius 3 is 2.56 bits per heavy atom. The van der Waals surface area contributed by atoms with Crippen molar-refractivity contribution in [3.05, 3.63) is 39.9 Å². The van der Waals surface area contributed by atoms with E-state index in [0.717, 1.165) is 5.56 Å². The van der Waals surface area contributed by atoms with Crippen molar-refractivity contribution in [2.24, 2.45) is 0 Å². The van der Waals surface area contributed by atoms with Gasteiger partial charge in [-0.1, -0.05) is 12.1 Å². The quantitative estimate of drug-likeness (QED) is 0.568. The molecule has 1 unspecified atom stereocenters. The Morgan fingerprint density at radius 1 is 1.44 bits per heavy atom. The summed E-state index contributed by atoms with van der Waals surface area (Å²) in [6.07, 6.45) is 0.794. The van der Waals surface area contributed by atoms with E-state index in [1.54, 1.807) is 12.1 Å². The Labute approximate surface area is 105 Å². The van der Waals surface area contributed by atoms with Crippen LogP contribution in [0.4, 0.5) is 5.69 Å². The first-order chi connectivity index (χ1) is 8.49. The minimum atomic E-state index is -0.828. The summed E-state index contributed by atoms with van der Waals surface area (Å²) >= 11 is 0. The monoisotopic (exact) mass is 252 g/mol. The fraction of sp³-hybridized carbons (Fsp3) is 0.417. The number of hydrogen-bond acceptors (Lipinski definition) is 4. The largest absolute Gasteiger partial charge is 0.481 e. The van der Waals surface area contributed by atoms with Gasteiger partial charge in [-0.05, 0) is 25.5 Å². The first-order valence-electron chi connectivity index (χ1n) is 5.67. The van der Waals surface area contributed by atoms with Gasteiger partial charge in [0.1, 0.15) is 0 Å². The first-order valence-corrected chi connectivity index (χ1v) is 5.67. The van der Waals surface area contributed by atoms with Crippen molar-refractivity contribution in [3.63, 3.8) is 0 Å². The molecule has 0 radical (unpaired) electrons. The summed E-state index contributed by atoms with van der Waals surface area (Å²) < 4.78 is 0. The maximum Gasteiger partial charge on any atom is 0.304 e. The fourth-order valence-electron chi connectivity index (χ4n) is 1.58. The second-order valence-electron chi connectivity index (χ2n) is 4.13. The van der Waals surface area contributed by atoms with E-state index < -0.39 is 10.9 Å². The molecule has 0 aliphatic heterocycles. The molecule has 6 heteroatoms. The van der Waals surface area contributed by atoms with Crippen molar-refractivity contribution >= 4 is 11.7 Å². The summed E-state index contributed by atoms with van der Waals surface area (Å²) in [7, 11) is 0. The van der Waals surface area contributed by atoms with Crippen LogP contribution in [0.5, 0.6) is 0 Å². The highest BCUT2D eigenvalue weighted by Gasteiger charge is 2.07. The highest BCUT2D eigenvalue weighted by Crippen LogP contribution is 2.11. The molecule has 0 saturated carbocycles. The molecular weight excluding hydrogens is 236 g/mol. The number of non-ortho nitro benzene ring substituents is 1.